The third kappa shape index (κ3) is 4.27. The van der Waals surface area contributed by atoms with Gasteiger partial charge in [-0.1, -0.05) is 26.8 Å². The highest BCUT2D eigenvalue weighted by Gasteiger charge is 2.24. The summed E-state index contributed by atoms with van der Waals surface area (Å²) < 4.78 is 27.8. The molecule has 0 spiro atoms. The van der Waals surface area contributed by atoms with E-state index in [2.05, 4.69) is 30.7 Å². The van der Waals surface area contributed by atoms with E-state index in [-0.39, 0.29) is 10.3 Å². The molecule has 0 saturated heterocycles. The van der Waals surface area contributed by atoms with Crippen molar-refractivity contribution in [2.24, 2.45) is 5.41 Å². The summed E-state index contributed by atoms with van der Waals surface area (Å²) in [6, 6.07) is 8.91. The molecule has 3 rings (SSSR count). The predicted molar refractivity (Wildman–Crippen MR) is 107 cm³/mol. The van der Waals surface area contributed by atoms with Gasteiger partial charge in [0.2, 0.25) is 0 Å². The van der Waals surface area contributed by atoms with Gasteiger partial charge in [0, 0.05) is 24.8 Å². The highest BCUT2D eigenvalue weighted by molar-refractivity contribution is 7.90. The summed E-state index contributed by atoms with van der Waals surface area (Å²) >= 11 is 0. The van der Waals surface area contributed by atoms with Gasteiger partial charge in [-0.3, -0.25) is 9.97 Å². The Kier molecular flexibility index (Phi) is 5.20. The number of nitrogens with zero attached hydrogens (tertiary/aromatic N) is 3. The van der Waals surface area contributed by atoms with Crippen LogP contribution in [0.3, 0.4) is 0 Å². The van der Waals surface area contributed by atoms with Crippen LogP contribution in [0.5, 0.6) is 0 Å². The number of aromatic nitrogens is 3. The third-order valence-corrected chi connectivity index (χ3v) is 6.11. The Balaban J connectivity index is 2.14. The van der Waals surface area contributed by atoms with Crippen molar-refractivity contribution >= 4 is 10.0 Å². The molecule has 3 aromatic heterocycles. The zero-order valence-electron chi connectivity index (χ0n) is 16.2. The average molecular weight is 384 g/mol. The van der Waals surface area contributed by atoms with Crippen molar-refractivity contribution in [3.8, 4) is 11.4 Å². The number of hydrogen-bond acceptors (Lipinski definition) is 4. The lowest BCUT2D eigenvalue weighted by molar-refractivity contribution is 0.378. The topological polar surface area (TPSA) is 64.8 Å². The zero-order chi connectivity index (χ0) is 19.7. The van der Waals surface area contributed by atoms with E-state index in [4.69, 9.17) is 0 Å². The normalized spacial score (nSPS) is 12.3. The van der Waals surface area contributed by atoms with Crippen LogP contribution >= 0.6 is 0 Å². The van der Waals surface area contributed by atoms with Crippen molar-refractivity contribution in [3.63, 3.8) is 0 Å². The Hall–Kier alpha value is -2.47. The largest absolute Gasteiger partial charge is 0.269 e. The Labute approximate surface area is 161 Å². The lowest BCUT2D eigenvalue weighted by atomic mass is 9.89. The molecule has 0 unspecified atom stereocenters. The molecular formula is C21H25N3O2S. The van der Waals surface area contributed by atoms with Crippen LogP contribution in [0.4, 0.5) is 0 Å². The maximum atomic E-state index is 13.2. The van der Waals surface area contributed by atoms with E-state index in [9.17, 15) is 8.42 Å². The van der Waals surface area contributed by atoms with Crippen LogP contribution in [0.2, 0.25) is 0 Å². The molecule has 0 amide bonds. The third-order valence-electron chi connectivity index (χ3n) is 4.45. The molecule has 5 nitrogen and oxygen atoms in total. The first-order chi connectivity index (χ1) is 12.7. The molecule has 0 bridgehead atoms. The Morgan fingerprint density at radius 2 is 1.85 bits per heavy atom. The molecule has 6 heteroatoms. The van der Waals surface area contributed by atoms with E-state index >= 15 is 0 Å². The van der Waals surface area contributed by atoms with Crippen LogP contribution in [0.1, 0.15) is 38.3 Å². The molecule has 0 atom stereocenters. The molecule has 27 heavy (non-hydrogen) atoms. The van der Waals surface area contributed by atoms with Gasteiger partial charge in [-0.15, -0.1) is 0 Å². The van der Waals surface area contributed by atoms with Crippen molar-refractivity contribution in [1.82, 2.24) is 13.9 Å². The number of hydrogen-bond donors (Lipinski definition) is 0. The minimum Gasteiger partial charge on any atom is -0.263 e. The summed E-state index contributed by atoms with van der Waals surface area (Å²) in [5, 5.41) is 0. The summed E-state index contributed by atoms with van der Waals surface area (Å²) in [5.74, 6) is 0. The van der Waals surface area contributed by atoms with Crippen LogP contribution in [0, 0.1) is 12.3 Å². The molecule has 142 valence electrons. The van der Waals surface area contributed by atoms with E-state index in [1.807, 2.05) is 25.1 Å². The van der Waals surface area contributed by atoms with Crippen molar-refractivity contribution in [1.29, 1.82) is 0 Å². The lowest BCUT2D eigenvalue weighted by Gasteiger charge is -2.16. The van der Waals surface area contributed by atoms with Gasteiger partial charge in [0.1, 0.15) is 4.90 Å². The second kappa shape index (κ2) is 7.27. The molecule has 0 N–H and O–H groups in total. The number of rotatable bonds is 5. The summed E-state index contributed by atoms with van der Waals surface area (Å²) in [7, 11) is -3.75. The molecule has 0 aliphatic carbocycles. The Morgan fingerprint density at radius 3 is 2.48 bits per heavy atom. The zero-order valence-corrected chi connectivity index (χ0v) is 17.0. The molecule has 3 aromatic rings. The Morgan fingerprint density at radius 1 is 1.11 bits per heavy atom. The van der Waals surface area contributed by atoms with Gasteiger partial charge in [0.15, 0.2) is 0 Å². The molecule has 0 radical (unpaired) electrons. The molecule has 0 aromatic carbocycles. The van der Waals surface area contributed by atoms with Gasteiger partial charge in [-0.05, 0) is 60.6 Å². The Bertz CT molecular complexity index is 1030. The average Bonchev–Trinajstić information content (AvgIpc) is 3.05. The van der Waals surface area contributed by atoms with Crippen LogP contribution in [-0.4, -0.2) is 22.4 Å². The fraction of sp³-hybridized carbons (Fsp3) is 0.333. The minimum absolute atomic E-state index is 0.165. The van der Waals surface area contributed by atoms with E-state index in [1.54, 1.807) is 30.7 Å². The van der Waals surface area contributed by atoms with Crippen molar-refractivity contribution in [2.45, 2.75) is 45.4 Å². The van der Waals surface area contributed by atoms with E-state index in [0.717, 1.165) is 24.0 Å². The fourth-order valence-corrected chi connectivity index (χ4v) is 4.24. The van der Waals surface area contributed by atoms with Gasteiger partial charge >= 0.3 is 0 Å². The van der Waals surface area contributed by atoms with Crippen LogP contribution in [0.15, 0.2) is 60.0 Å². The van der Waals surface area contributed by atoms with E-state index in [0.29, 0.717) is 11.4 Å². The highest BCUT2D eigenvalue weighted by atomic mass is 32.2. The fourth-order valence-electron chi connectivity index (χ4n) is 2.89. The quantitative estimate of drug-likeness (QED) is 0.652. The minimum atomic E-state index is -3.75. The van der Waals surface area contributed by atoms with Crippen molar-refractivity contribution in [3.05, 3.63) is 66.2 Å². The molecular weight excluding hydrogens is 358 g/mol. The van der Waals surface area contributed by atoms with Crippen LogP contribution in [0.25, 0.3) is 11.4 Å². The van der Waals surface area contributed by atoms with Gasteiger partial charge in [-0.25, -0.2) is 12.4 Å². The second-order valence-corrected chi connectivity index (χ2v) is 9.77. The number of aryl methyl sites for hydroxylation is 2. The van der Waals surface area contributed by atoms with E-state index < -0.39 is 10.0 Å². The predicted octanol–water partition coefficient (Wildman–Crippen LogP) is 4.47. The van der Waals surface area contributed by atoms with Gasteiger partial charge in [0.05, 0.1) is 11.4 Å². The monoisotopic (exact) mass is 383 g/mol. The van der Waals surface area contributed by atoms with Crippen molar-refractivity contribution in [2.75, 3.05) is 0 Å². The summed E-state index contributed by atoms with van der Waals surface area (Å²) in [6.45, 7) is 8.48. The first-order valence-corrected chi connectivity index (χ1v) is 10.4. The van der Waals surface area contributed by atoms with Gasteiger partial charge in [-0.2, -0.15) is 0 Å². The van der Waals surface area contributed by atoms with Crippen molar-refractivity contribution < 1.29 is 8.42 Å². The van der Waals surface area contributed by atoms with E-state index in [1.165, 1.54) is 10.2 Å². The SMILES string of the molecule is Cc1cccnc1-c1cc(CCC(C)(C)C)cn1S(=O)(=O)c1cccnc1. The molecule has 0 saturated carbocycles. The molecule has 3 heterocycles. The van der Waals surface area contributed by atoms with Gasteiger partial charge < -0.3 is 0 Å². The van der Waals surface area contributed by atoms with Gasteiger partial charge in [0.25, 0.3) is 10.0 Å². The summed E-state index contributed by atoms with van der Waals surface area (Å²) in [4.78, 5) is 8.57. The van der Waals surface area contributed by atoms with Crippen LogP contribution < -0.4 is 0 Å². The lowest BCUT2D eigenvalue weighted by Crippen LogP contribution is -2.14. The first kappa shape index (κ1) is 19.3. The molecule has 0 fully saturated rings. The highest BCUT2D eigenvalue weighted by Crippen LogP contribution is 2.29. The molecule has 0 aliphatic rings. The summed E-state index contributed by atoms with van der Waals surface area (Å²) in [6.07, 6.45) is 8.11. The standard InChI is InChI=1S/C21H25N3O2S/c1-16-7-5-12-23-20(16)19-13-17(9-10-21(2,3)4)15-24(19)27(25,26)18-8-6-11-22-14-18/h5-8,11-15H,9-10H2,1-4H3. The maximum Gasteiger partial charge on any atom is 0.269 e. The first-order valence-electron chi connectivity index (χ1n) is 8.97. The van der Waals surface area contributed by atoms with Crippen LogP contribution in [-0.2, 0) is 16.4 Å². The summed E-state index contributed by atoms with van der Waals surface area (Å²) in [5.41, 5.74) is 3.34. The molecule has 0 aliphatic heterocycles. The maximum absolute atomic E-state index is 13.2. The number of pyridine rings is 2. The smallest absolute Gasteiger partial charge is 0.263 e. The second-order valence-electron chi connectivity index (χ2n) is 7.95.